The van der Waals surface area contributed by atoms with Crippen LogP contribution in [0.15, 0.2) is 6.07 Å². The normalized spacial score (nSPS) is 19.3. The van der Waals surface area contributed by atoms with Crippen molar-refractivity contribution in [1.29, 1.82) is 0 Å². The van der Waals surface area contributed by atoms with Crippen LogP contribution < -0.4 is 10.6 Å². The molecule has 1 aromatic rings. The minimum Gasteiger partial charge on any atom is -0.376 e. The number of carbonyl (C=O) groups excluding carboxylic acids is 1. The van der Waals surface area contributed by atoms with Crippen LogP contribution in [0.2, 0.25) is 0 Å². The zero-order valence-corrected chi connectivity index (χ0v) is 10.2. The Morgan fingerprint density at radius 3 is 3.12 bits per heavy atom. The smallest absolute Gasteiger partial charge is 0.320 e. The van der Waals surface area contributed by atoms with Crippen molar-refractivity contribution in [1.82, 2.24) is 15.1 Å². The molecule has 17 heavy (non-hydrogen) atoms. The van der Waals surface area contributed by atoms with Crippen molar-refractivity contribution >= 4 is 11.8 Å². The Bertz CT molecular complexity index is 396. The first kappa shape index (κ1) is 11.9. The van der Waals surface area contributed by atoms with Gasteiger partial charge in [0.25, 0.3) is 0 Å². The van der Waals surface area contributed by atoms with E-state index in [2.05, 4.69) is 15.7 Å². The monoisotopic (exact) mass is 238 g/mol. The molecule has 1 aliphatic heterocycles. The summed E-state index contributed by atoms with van der Waals surface area (Å²) in [5.41, 5.74) is 0.877. The van der Waals surface area contributed by atoms with Crippen LogP contribution in [0.25, 0.3) is 0 Å². The van der Waals surface area contributed by atoms with Gasteiger partial charge in [0, 0.05) is 26.3 Å². The molecule has 1 fully saturated rings. The lowest BCUT2D eigenvalue weighted by Gasteiger charge is -2.11. The Morgan fingerprint density at radius 2 is 2.53 bits per heavy atom. The summed E-state index contributed by atoms with van der Waals surface area (Å²) in [4.78, 5) is 11.6. The van der Waals surface area contributed by atoms with E-state index in [1.807, 2.05) is 13.0 Å². The van der Waals surface area contributed by atoms with Crippen LogP contribution in [0.1, 0.15) is 18.5 Å². The van der Waals surface area contributed by atoms with Gasteiger partial charge in [0.2, 0.25) is 0 Å². The number of carbonyl (C=O) groups is 1. The van der Waals surface area contributed by atoms with Crippen LogP contribution in [0.3, 0.4) is 0 Å². The van der Waals surface area contributed by atoms with Gasteiger partial charge in [-0.25, -0.2) is 4.79 Å². The molecule has 0 aromatic carbocycles. The van der Waals surface area contributed by atoms with Gasteiger partial charge in [-0.1, -0.05) is 0 Å². The average molecular weight is 238 g/mol. The Hall–Kier alpha value is -1.56. The van der Waals surface area contributed by atoms with E-state index in [9.17, 15) is 4.79 Å². The van der Waals surface area contributed by atoms with Crippen LogP contribution in [0.5, 0.6) is 0 Å². The predicted octanol–water partition coefficient (Wildman–Crippen LogP) is 1.03. The maximum atomic E-state index is 11.6. The van der Waals surface area contributed by atoms with E-state index >= 15 is 0 Å². The van der Waals surface area contributed by atoms with E-state index in [-0.39, 0.29) is 12.1 Å². The highest BCUT2D eigenvalue weighted by Gasteiger charge is 2.16. The minimum absolute atomic E-state index is 0.161. The maximum Gasteiger partial charge on any atom is 0.320 e. The number of amides is 2. The summed E-state index contributed by atoms with van der Waals surface area (Å²) in [6.07, 6.45) is 2.26. The van der Waals surface area contributed by atoms with Gasteiger partial charge in [0.15, 0.2) is 0 Å². The van der Waals surface area contributed by atoms with Crippen molar-refractivity contribution in [3.8, 4) is 0 Å². The van der Waals surface area contributed by atoms with Gasteiger partial charge in [-0.15, -0.1) is 0 Å². The standard InChI is InChI=1S/C11H18N4O2/c1-8-6-10(15(2)14-8)13-11(16)12-7-9-4-3-5-17-9/h6,9H,3-5,7H2,1-2H3,(H2,12,13,16)/t9-/m1/s1. The van der Waals surface area contributed by atoms with Gasteiger partial charge in [0.1, 0.15) is 5.82 Å². The van der Waals surface area contributed by atoms with Crippen molar-refractivity contribution in [3.05, 3.63) is 11.8 Å². The molecule has 1 saturated heterocycles. The van der Waals surface area contributed by atoms with Gasteiger partial charge in [0.05, 0.1) is 11.8 Å². The second kappa shape index (κ2) is 5.18. The van der Waals surface area contributed by atoms with Crippen molar-refractivity contribution < 1.29 is 9.53 Å². The molecule has 1 aromatic heterocycles. The first-order chi connectivity index (χ1) is 8.15. The third kappa shape index (κ3) is 3.20. The molecule has 0 radical (unpaired) electrons. The third-order valence-corrected chi connectivity index (χ3v) is 2.76. The summed E-state index contributed by atoms with van der Waals surface area (Å²) in [6.45, 7) is 3.24. The highest BCUT2D eigenvalue weighted by Crippen LogP contribution is 2.11. The van der Waals surface area contributed by atoms with E-state index in [1.54, 1.807) is 11.7 Å². The fraction of sp³-hybridized carbons (Fsp3) is 0.636. The van der Waals surface area contributed by atoms with E-state index in [4.69, 9.17) is 4.74 Å². The molecule has 0 bridgehead atoms. The SMILES string of the molecule is Cc1cc(NC(=O)NC[C@H]2CCCO2)n(C)n1. The van der Waals surface area contributed by atoms with Crippen LogP contribution in [-0.4, -0.2) is 35.1 Å². The van der Waals surface area contributed by atoms with Crippen molar-refractivity contribution in [2.45, 2.75) is 25.9 Å². The lowest BCUT2D eigenvalue weighted by Crippen LogP contribution is -2.35. The Kier molecular flexibility index (Phi) is 3.63. The molecule has 2 N–H and O–H groups in total. The van der Waals surface area contributed by atoms with Crippen LogP contribution in [0.4, 0.5) is 10.6 Å². The fourth-order valence-corrected chi connectivity index (χ4v) is 1.90. The van der Waals surface area contributed by atoms with Crippen molar-refractivity contribution in [3.63, 3.8) is 0 Å². The second-order valence-electron chi connectivity index (χ2n) is 4.26. The molecule has 0 saturated carbocycles. The maximum absolute atomic E-state index is 11.6. The van der Waals surface area contributed by atoms with Crippen LogP contribution >= 0.6 is 0 Å². The van der Waals surface area contributed by atoms with Crippen LogP contribution in [-0.2, 0) is 11.8 Å². The number of aromatic nitrogens is 2. The summed E-state index contributed by atoms with van der Waals surface area (Å²) in [5.74, 6) is 0.687. The molecular weight excluding hydrogens is 220 g/mol. The van der Waals surface area contributed by atoms with Crippen LogP contribution in [0, 0.1) is 6.92 Å². The third-order valence-electron chi connectivity index (χ3n) is 2.76. The molecule has 6 nitrogen and oxygen atoms in total. The van der Waals surface area contributed by atoms with Gasteiger partial charge >= 0.3 is 6.03 Å². The number of rotatable bonds is 3. The fourth-order valence-electron chi connectivity index (χ4n) is 1.90. The molecule has 1 atom stereocenters. The van der Waals surface area contributed by atoms with Gasteiger partial charge < -0.3 is 10.1 Å². The Labute approximate surface area is 100 Å². The highest BCUT2D eigenvalue weighted by atomic mass is 16.5. The first-order valence-corrected chi connectivity index (χ1v) is 5.82. The van der Waals surface area contributed by atoms with Crippen molar-refractivity contribution in [2.24, 2.45) is 7.05 Å². The summed E-state index contributed by atoms with van der Waals surface area (Å²) in [6, 6.07) is 1.61. The number of hydrogen-bond donors (Lipinski definition) is 2. The number of urea groups is 1. The van der Waals surface area contributed by atoms with E-state index in [0.717, 1.165) is 25.1 Å². The summed E-state index contributed by atoms with van der Waals surface area (Å²) in [7, 11) is 1.79. The zero-order valence-electron chi connectivity index (χ0n) is 10.2. The van der Waals surface area contributed by atoms with E-state index in [0.29, 0.717) is 12.4 Å². The molecule has 2 amide bonds. The number of nitrogens with one attached hydrogen (secondary N) is 2. The zero-order chi connectivity index (χ0) is 12.3. The largest absolute Gasteiger partial charge is 0.376 e. The topological polar surface area (TPSA) is 68.2 Å². The molecule has 0 unspecified atom stereocenters. The minimum atomic E-state index is -0.219. The number of aryl methyl sites for hydroxylation is 2. The molecular formula is C11H18N4O2. The predicted molar refractivity (Wildman–Crippen MR) is 63.9 cm³/mol. The number of hydrogen-bond acceptors (Lipinski definition) is 3. The Morgan fingerprint density at radius 1 is 1.71 bits per heavy atom. The molecule has 94 valence electrons. The quantitative estimate of drug-likeness (QED) is 0.826. The Balaban J connectivity index is 1.78. The van der Waals surface area contributed by atoms with E-state index in [1.165, 1.54) is 0 Å². The molecule has 1 aliphatic rings. The lowest BCUT2D eigenvalue weighted by molar-refractivity contribution is 0.112. The lowest BCUT2D eigenvalue weighted by atomic mass is 10.2. The van der Waals surface area contributed by atoms with E-state index < -0.39 is 0 Å². The molecule has 0 aliphatic carbocycles. The molecule has 0 spiro atoms. The van der Waals surface area contributed by atoms with Crippen molar-refractivity contribution in [2.75, 3.05) is 18.5 Å². The molecule has 6 heteroatoms. The molecule has 2 rings (SSSR count). The highest BCUT2D eigenvalue weighted by molar-refractivity contribution is 5.88. The van der Waals surface area contributed by atoms with Gasteiger partial charge in [-0.05, 0) is 19.8 Å². The second-order valence-corrected chi connectivity index (χ2v) is 4.26. The summed E-state index contributed by atoms with van der Waals surface area (Å²) >= 11 is 0. The number of ether oxygens (including phenoxy) is 1. The molecule has 2 heterocycles. The number of anilines is 1. The first-order valence-electron chi connectivity index (χ1n) is 5.82. The van der Waals surface area contributed by atoms with Gasteiger partial charge in [-0.2, -0.15) is 5.10 Å². The van der Waals surface area contributed by atoms with Gasteiger partial charge in [-0.3, -0.25) is 10.00 Å². The number of nitrogens with zero attached hydrogens (tertiary/aromatic N) is 2. The summed E-state index contributed by atoms with van der Waals surface area (Å²) < 4.78 is 7.06. The summed E-state index contributed by atoms with van der Waals surface area (Å²) in [5, 5.41) is 9.69. The average Bonchev–Trinajstić information content (AvgIpc) is 2.87.